The fourth-order valence-corrected chi connectivity index (χ4v) is 1.61. The van der Waals surface area contributed by atoms with Crippen LogP contribution in [-0.4, -0.2) is 18.0 Å². The van der Waals surface area contributed by atoms with Gasteiger partial charge in [-0.25, -0.2) is 0 Å². The number of methoxy groups -OCH3 is 1. The largest absolute Gasteiger partial charge is 0.497 e. The van der Waals surface area contributed by atoms with Crippen LogP contribution in [0.5, 0.6) is 5.75 Å². The average Bonchev–Trinajstić information content (AvgIpc) is 2.96. The number of aromatic amines is 1. The van der Waals surface area contributed by atoms with E-state index in [2.05, 4.69) is 10.3 Å². The fourth-order valence-electron chi connectivity index (χ4n) is 1.61. The molecule has 0 fully saturated rings. The minimum Gasteiger partial charge on any atom is -0.497 e. The van der Waals surface area contributed by atoms with E-state index < -0.39 is 0 Å². The van der Waals surface area contributed by atoms with E-state index in [0.29, 0.717) is 6.54 Å². The second-order valence-corrected chi connectivity index (χ2v) is 4.02. The minimum absolute atomic E-state index is 0.120. The van der Waals surface area contributed by atoms with Crippen molar-refractivity contribution >= 4 is 12.0 Å². The third kappa shape index (κ3) is 4.03. The van der Waals surface area contributed by atoms with Crippen molar-refractivity contribution in [2.75, 3.05) is 7.11 Å². The second-order valence-electron chi connectivity index (χ2n) is 4.02. The Labute approximate surface area is 112 Å². The zero-order chi connectivity index (χ0) is 13.5. The molecule has 2 rings (SSSR count). The molecule has 0 spiro atoms. The van der Waals surface area contributed by atoms with Gasteiger partial charge in [0.1, 0.15) is 5.75 Å². The molecule has 1 aromatic heterocycles. The van der Waals surface area contributed by atoms with Crippen molar-refractivity contribution in [2.24, 2.45) is 0 Å². The Morgan fingerprint density at radius 2 is 2.11 bits per heavy atom. The molecule has 0 aliphatic carbocycles. The smallest absolute Gasteiger partial charge is 0.244 e. The monoisotopic (exact) mass is 256 g/mol. The highest BCUT2D eigenvalue weighted by molar-refractivity contribution is 5.91. The number of hydrogen-bond donors (Lipinski definition) is 2. The minimum atomic E-state index is -0.120. The fraction of sp³-hybridized carbons (Fsp3) is 0.133. The SMILES string of the molecule is COc1ccc(/C=C/C(=O)NCc2ccc[nH]2)cc1. The van der Waals surface area contributed by atoms with Gasteiger partial charge >= 0.3 is 0 Å². The van der Waals surface area contributed by atoms with E-state index in [1.807, 2.05) is 42.6 Å². The number of carbonyl (C=O) groups excluding carboxylic acids is 1. The summed E-state index contributed by atoms with van der Waals surface area (Å²) in [5, 5.41) is 2.80. The lowest BCUT2D eigenvalue weighted by molar-refractivity contribution is -0.116. The van der Waals surface area contributed by atoms with Gasteiger partial charge in [0.25, 0.3) is 0 Å². The maximum atomic E-state index is 11.6. The molecule has 98 valence electrons. The zero-order valence-corrected chi connectivity index (χ0v) is 10.7. The van der Waals surface area contributed by atoms with Crippen LogP contribution in [0, 0.1) is 0 Å². The van der Waals surface area contributed by atoms with Crippen LogP contribution >= 0.6 is 0 Å². The first-order valence-corrected chi connectivity index (χ1v) is 6.00. The van der Waals surface area contributed by atoms with Gasteiger partial charge in [0.05, 0.1) is 13.7 Å². The number of amides is 1. The third-order valence-electron chi connectivity index (χ3n) is 2.66. The summed E-state index contributed by atoms with van der Waals surface area (Å²) in [6, 6.07) is 11.3. The summed E-state index contributed by atoms with van der Waals surface area (Å²) < 4.78 is 5.07. The lowest BCUT2D eigenvalue weighted by Crippen LogP contribution is -2.20. The summed E-state index contributed by atoms with van der Waals surface area (Å²) in [6.07, 6.45) is 5.11. The maximum absolute atomic E-state index is 11.6. The van der Waals surface area contributed by atoms with Crippen LogP contribution in [0.25, 0.3) is 6.08 Å². The first-order valence-electron chi connectivity index (χ1n) is 6.00. The van der Waals surface area contributed by atoms with Gasteiger partial charge in [-0.15, -0.1) is 0 Å². The van der Waals surface area contributed by atoms with Crippen molar-refractivity contribution in [2.45, 2.75) is 6.54 Å². The quantitative estimate of drug-likeness (QED) is 0.807. The number of carbonyl (C=O) groups is 1. The van der Waals surface area contributed by atoms with Crippen molar-refractivity contribution in [3.63, 3.8) is 0 Å². The number of hydrogen-bond acceptors (Lipinski definition) is 2. The predicted molar refractivity (Wildman–Crippen MR) is 74.7 cm³/mol. The Kier molecular flexibility index (Phi) is 4.39. The number of nitrogens with one attached hydrogen (secondary N) is 2. The van der Waals surface area contributed by atoms with Crippen LogP contribution in [0.1, 0.15) is 11.3 Å². The van der Waals surface area contributed by atoms with E-state index in [0.717, 1.165) is 17.0 Å². The number of benzene rings is 1. The summed E-state index contributed by atoms with van der Waals surface area (Å²) in [6.45, 7) is 0.499. The van der Waals surface area contributed by atoms with Crippen LogP contribution in [0.4, 0.5) is 0 Å². The van der Waals surface area contributed by atoms with Gasteiger partial charge in [-0.3, -0.25) is 4.79 Å². The highest BCUT2D eigenvalue weighted by atomic mass is 16.5. The second kappa shape index (κ2) is 6.44. The molecule has 1 heterocycles. The van der Waals surface area contributed by atoms with E-state index >= 15 is 0 Å². The van der Waals surface area contributed by atoms with Gasteiger partial charge in [0.2, 0.25) is 5.91 Å². The van der Waals surface area contributed by atoms with E-state index in [1.165, 1.54) is 6.08 Å². The molecule has 0 atom stereocenters. The summed E-state index contributed by atoms with van der Waals surface area (Å²) >= 11 is 0. The Morgan fingerprint density at radius 3 is 2.74 bits per heavy atom. The molecule has 2 aromatic rings. The molecular weight excluding hydrogens is 240 g/mol. The van der Waals surface area contributed by atoms with E-state index in [4.69, 9.17) is 4.74 Å². The molecule has 4 heteroatoms. The third-order valence-corrected chi connectivity index (χ3v) is 2.66. The average molecular weight is 256 g/mol. The lowest BCUT2D eigenvalue weighted by atomic mass is 10.2. The molecule has 2 N–H and O–H groups in total. The predicted octanol–water partition coefficient (Wildman–Crippen LogP) is 2.35. The highest BCUT2D eigenvalue weighted by Crippen LogP contribution is 2.12. The molecular formula is C15H16N2O2. The summed E-state index contributed by atoms with van der Waals surface area (Å²) in [5.41, 5.74) is 1.93. The summed E-state index contributed by atoms with van der Waals surface area (Å²) in [5.74, 6) is 0.679. The topological polar surface area (TPSA) is 54.1 Å². The van der Waals surface area contributed by atoms with Gasteiger partial charge < -0.3 is 15.0 Å². The molecule has 1 aromatic carbocycles. The molecule has 0 aliphatic heterocycles. The normalized spacial score (nSPS) is 10.6. The lowest BCUT2D eigenvalue weighted by Gasteiger charge is -2.00. The van der Waals surface area contributed by atoms with E-state index in [1.54, 1.807) is 13.2 Å². The van der Waals surface area contributed by atoms with Crippen molar-refractivity contribution in [1.29, 1.82) is 0 Å². The van der Waals surface area contributed by atoms with Crippen LogP contribution in [0.2, 0.25) is 0 Å². The molecule has 0 radical (unpaired) electrons. The first-order chi connectivity index (χ1) is 9.28. The number of ether oxygens (including phenoxy) is 1. The Bertz CT molecular complexity index is 542. The van der Waals surface area contributed by atoms with Gasteiger partial charge in [0, 0.05) is 18.0 Å². The van der Waals surface area contributed by atoms with Crippen molar-refractivity contribution in [3.05, 3.63) is 59.9 Å². The first kappa shape index (κ1) is 13.0. The van der Waals surface area contributed by atoms with Gasteiger partial charge in [-0.2, -0.15) is 0 Å². The number of aromatic nitrogens is 1. The molecule has 0 saturated carbocycles. The summed E-state index contributed by atoms with van der Waals surface area (Å²) in [7, 11) is 1.62. The standard InChI is InChI=1S/C15H16N2O2/c1-19-14-7-4-12(5-8-14)6-9-15(18)17-11-13-3-2-10-16-13/h2-10,16H,11H2,1H3,(H,17,18)/b9-6+. The van der Waals surface area contributed by atoms with Crippen molar-refractivity contribution < 1.29 is 9.53 Å². The molecule has 0 aliphatic rings. The molecule has 4 nitrogen and oxygen atoms in total. The molecule has 0 unspecified atom stereocenters. The van der Waals surface area contributed by atoms with E-state index in [9.17, 15) is 4.79 Å². The molecule has 19 heavy (non-hydrogen) atoms. The van der Waals surface area contributed by atoms with Gasteiger partial charge in [0.15, 0.2) is 0 Å². The van der Waals surface area contributed by atoms with Gasteiger partial charge in [-0.05, 0) is 35.9 Å². The summed E-state index contributed by atoms with van der Waals surface area (Å²) in [4.78, 5) is 14.6. The van der Waals surface area contributed by atoms with Crippen LogP contribution in [-0.2, 0) is 11.3 Å². The van der Waals surface area contributed by atoms with Crippen molar-refractivity contribution in [3.8, 4) is 5.75 Å². The van der Waals surface area contributed by atoms with Crippen LogP contribution in [0.15, 0.2) is 48.7 Å². The molecule has 0 saturated heterocycles. The van der Waals surface area contributed by atoms with E-state index in [-0.39, 0.29) is 5.91 Å². The maximum Gasteiger partial charge on any atom is 0.244 e. The zero-order valence-electron chi connectivity index (χ0n) is 10.7. The Morgan fingerprint density at radius 1 is 1.32 bits per heavy atom. The van der Waals surface area contributed by atoms with Crippen LogP contribution in [0.3, 0.4) is 0 Å². The Hall–Kier alpha value is -2.49. The number of rotatable bonds is 5. The Balaban J connectivity index is 1.85. The highest BCUT2D eigenvalue weighted by Gasteiger charge is 1.97. The van der Waals surface area contributed by atoms with Crippen molar-refractivity contribution in [1.82, 2.24) is 10.3 Å². The molecule has 0 bridgehead atoms. The van der Waals surface area contributed by atoms with Gasteiger partial charge in [-0.1, -0.05) is 12.1 Å². The number of H-pyrrole nitrogens is 1. The molecule has 1 amide bonds. The van der Waals surface area contributed by atoms with Crippen LogP contribution < -0.4 is 10.1 Å².